The van der Waals surface area contributed by atoms with Gasteiger partial charge in [0, 0.05) is 0 Å². The summed E-state index contributed by atoms with van der Waals surface area (Å²) in [7, 11) is 0. The summed E-state index contributed by atoms with van der Waals surface area (Å²) >= 11 is 0. The minimum atomic E-state index is -0.232. The molecule has 0 aliphatic carbocycles. The molecule has 0 aliphatic heterocycles. The van der Waals surface area contributed by atoms with Crippen molar-refractivity contribution in [2.75, 3.05) is 6.79 Å². The van der Waals surface area contributed by atoms with E-state index in [9.17, 15) is 0 Å². The van der Waals surface area contributed by atoms with Crippen molar-refractivity contribution in [1.29, 1.82) is 0 Å². The summed E-state index contributed by atoms with van der Waals surface area (Å²) in [4.78, 5) is 0. The lowest BCUT2D eigenvalue weighted by Gasteiger charge is -1.85. The average molecular weight is 88.1 g/mol. The zero-order valence-electron chi connectivity index (χ0n) is 3.72. The van der Waals surface area contributed by atoms with Gasteiger partial charge in [-0.05, 0) is 6.92 Å². The Bertz CT molecular complexity index is 40.8. The van der Waals surface area contributed by atoms with Gasteiger partial charge in [-0.3, -0.25) is 0 Å². The third-order valence-corrected chi connectivity index (χ3v) is 0.307. The average Bonchev–Trinajstić information content (AvgIpc) is 1.61. The molecule has 0 aromatic heterocycles. The van der Waals surface area contributed by atoms with Crippen LogP contribution in [0.2, 0.25) is 0 Å². The molecule has 0 heterocycles. The smallest absolute Gasteiger partial charge is 0.185 e. The molecule has 1 N–H and O–H groups in total. The summed E-state index contributed by atoms with van der Waals surface area (Å²) in [6, 6.07) is 0. The van der Waals surface area contributed by atoms with Gasteiger partial charge in [0.25, 0.3) is 0 Å². The van der Waals surface area contributed by atoms with Crippen LogP contribution in [0.4, 0.5) is 0 Å². The lowest BCUT2D eigenvalue weighted by atomic mass is 10.7. The highest BCUT2D eigenvalue weighted by Gasteiger charge is 1.60. The first-order chi connectivity index (χ1) is 2.91. The topological polar surface area (TPSA) is 29.5 Å². The molecule has 0 radical (unpaired) electrons. The molecule has 0 spiro atoms. The fourth-order valence-electron chi connectivity index (χ4n) is 0.139. The molecule has 0 bridgehead atoms. The van der Waals surface area contributed by atoms with E-state index in [1.807, 2.05) is 6.92 Å². The molecule has 2 heteroatoms. The van der Waals surface area contributed by atoms with Crippen LogP contribution in [0.5, 0.6) is 0 Å². The third kappa shape index (κ3) is 3.50. The van der Waals surface area contributed by atoms with Crippen molar-refractivity contribution in [2.45, 2.75) is 6.92 Å². The van der Waals surface area contributed by atoms with Crippen molar-refractivity contribution in [3.05, 3.63) is 12.3 Å². The molecule has 0 fully saturated rings. The highest BCUT2D eigenvalue weighted by molar-refractivity contribution is 4.63. The Balaban J connectivity index is 2.66. The van der Waals surface area contributed by atoms with Gasteiger partial charge in [0.2, 0.25) is 0 Å². The summed E-state index contributed by atoms with van der Waals surface area (Å²) in [5.74, 6) is 0. The largest absolute Gasteiger partial charge is 0.476 e. The number of hydrogen-bond donors (Lipinski definition) is 1. The molecular weight excluding hydrogens is 80.0 g/mol. The van der Waals surface area contributed by atoms with Crippen molar-refractivity contribution in [2.24, 2.45) is 0 Å². The highest BCUT2D eigenvalue weighted by Crippen LogP contribution is 1.69. The molecule has 0 aliphatic rings. The number of rotatable bonds is 2. The molecule has 6 heavy (non-hydrogen) atoms. The molecule has 2 nitrogen and oxygen atoms in total. The molecule has 0 atom stereocenters. The van der Waals surface area contributed by atoms with E-state index in [0.717, 1.165) is 0 Å². The maximum atomic E-state index is 7.92. The summed E-state index contributed by atoms with van der Waals surface area (Å²) in [5, 5.41) is 7.92. The number of hydrogen-bond acceptors (Lipinski definition) is 2. The van der Waals surface area contributed by atoms with Crippen molar-refractivity contribution in [1.82, 2.24) is 0 Å². The van der Waals surface area contributed by atoms with E-state index < -0.39 is 0 Å². The number of aliphatic hydroxyl groups excluding tert-OH is 1. The van der Waals surface area contributed by atoms with Gasteiger partial charge in [-0.2, -0.15) is 0 Å². The van der Waals surface area contributed by atoms with E-state index in [2.05, 4.69) is 4.74 Å². The van der Waals surface area contributed by atoms with Crippen LogP contribution in [0, 0.1) is 0 Å². The molecule has 0 saturated carbocycles. The molecule has 0 aromatic carbocycles. The van der Waals surface area contributed by atoms with E-state index in [4.69, 9.17) is 5.11 Å². The second-order valence-electron chi connectivity index (χ2n) is 0.765. The predicted octanol–water partition coefficient (Wildman–Crippen LogP) is 0.486. The first kappa shape index (κ1) is 5.50. The molecule has 0 amide bonds. The molecule has 0 saturated heterocycles. The molecule has 0 unspecified atom stereocenters. The van der Waals surface area contributed by atoms with Crippen LogP contribution in [0.3, 0.4) is 0 Å². The van der Waals surface area contributed by atoms with Crippen LogP contribution in [0.1, 0.15) is 6.92 Å². The SMILES string of the molecule is CC=COCO. The Morgan fingerprint density at radius 1 is 1.83 bits per heavy atom. The standard InChI is InChI=1S/C4H8O2/c1-2-3-6-4-5/h2-3,5H,4H2,1H3. The minimum absolute atomic E-state index is 0.232. The molecule has 0 aromatic rings. The second kappa shape index (κ2) is 4.50. The van der Waals surface area contributed by atoms with Gasteiger partial charge < -0.3 is 9.84 Å². The van der Waals surface area contributed by atoms with Crippen LogP contribution in [-0.2, 0) is 4.74 Å². The summed E-state index contributed by atoms with van der Waals surface area (Å²) in [6.45, 7) is 1.58. The van der Waals surface area contributed by atoms with Gasteiger partial charge in [0.15, 0.2) is 6.79 Å². The van der Waals surface area contributed by atoms with Crippen molar-refractivity contribution in [3.8, 4) is 0 Å². The second-order valence-corrected chi connectivity index (χ2v) is 0.765. The van der Waals surface area contributed by atoms with E-state index in [-0.39, 0.29) is 6.79 Å². The fraction of sp³-hybridized carbons (Fsp3) is 0.500. The monoisotopic (exact) mass is 88.1 g/mol. The summed E-state index contributed by atoms with van der Waals surface area (Å²) in [5.41, 5.74) is 0. The quantitative estimate of drug-likeness (QED) is 0.393. The number of allylic oxidation sites excluding steroid dienone is 1. The van der Waals surface area contributed by atoms with Crippen LogP contribution < -0.4 is 0 Å². The Kier molecular flexibility index (Phi) is 4.12. The van der Waals surface area contributed by atoms with Crippen molar-refractivity contribution < 1.29 is 9.84 Å². The van der Waals surface area contributed by atoms with Crippen LogP contribution in [-0.4, -0.2) is 11.9 Å². The van der Waals surface area contributed by atoms with Gasteiger partial charge in [-0.25, -0.2) is 0 Å². The van der Waals surface area contributed by atoms with Crippen LogP contribution >= 0.6 is 0 Å². The first-order valence-corrected chi connectivity index (χ1v) is 1.75. The van der Waals surface area contributed by atoms with Gasteiger partial charge in [0.05, 0.1) is 6.26 Å². The zero-order chi connectivity index (χ0) is 4.83. The van der Waals surface area contributed by atoms with Crippen molar-refractivity contribution in [3.63, 3.8) is 0 Å². The Hall–Kier alpha value is -0.500. The molecular formula is C4H8O2. The highest BCUT2D eigenvalue weighted by atomic mass is 16.6. The van der Waals surface area contributed by atoms with E-state index in [0.29, 0.717) is 0 Å². The summed E-state index contributed by atoms with van der Waals surface area (Å²) in [6.07, 6.45) is 3.14. The van der Waals surface area contributed by atoms with E-state index in [1.54, 1.807) is 6.08 Å². The summed E-state index contributed by atoms with van der Waals surface area (Å²) < 4.78 is 4.36. The van der Waals surface area contributed by atoms with Crippen LogP contribution in [0.25, 0.3) is 0 Å². The lowest BCUT2D eigenvalue weighted by molar-refractivity contribution is 0.0601. The zero-order valence-corrected chi connectivity index (χ0v) is 3.72. The van der Waals surface area contributed by atoms with Crippen molar-refractivity contribution >= 4 is 0 Å². The fourth-order valence-corrected chi connectivity index (χ4v) is 0.139. The Morgan fingerprint density at radius 3 is 2.67 bits per heavy atom. The van der Waals surface area contributed by atoms with Gasteiger partial charge in [-0.15, -0.1) is 0 Å². The first-order valence-electron chi connectivity index (χ1n) is 1.75. The maximum absolute atomic E-state index is 7.92. The predicted molar refractivity (Wildman–Crippen MR) is 23.0 cm³/mol. The van der Waals surface area contributed by atoms with E-state index in [1.165, 1.54) is 6.26 Å². The lowest BCUT2D eigenvalue weighted by Crippen LogP contribution is -1.79. The Labute approximate surface area is 37.1 Å². The Morgan fingerprint density at radius 2 is 2.50 bits per heavy atom. The van der Waals surface area contributed by atoms with Crippen LogP contribution in [0.15, 0.2) is 12.3 Å². The minimum Gasteiger partial charge on any atom is -0.476 e. The molecule has 36 valence electrons. The van der Waals surface area contributed by atoms with Gasteiger partial charge in [-0.1, -0.05) is 6.08 Å². The number of aliphatic hydroxyl groups is 1. The maximum Gasteiger partial charge on any atom is 0.185 e. The van der Waals surface area contributed by atoms with E-state index >= 15 is 0 Å². The van der Waals surface area contributed by atoms with Gasteiger partial charge >= 0.3 is 0 Å². The van der Waals surface area contributed by atoms with Gasteiger partial charge in [0.1, 0.15) is 0 Å². The molecule has 0 rings (SSSR count). The normalized spacial score (nSPS) is 9.67. The number of ether oxygens (including phenoxy) is 1. The third-order valence-electron chi connectivity index (χ3n) is 0.307.